The van der Waals surface area contributed by atoms with E-state index >= 15 is 0 Å². The summed E-state index contributed by atoms with van der Waals surface area (Å²) in [6.45, 7) is 13.0. The van der Waals surface area contributed by atoms with E-state index < -0.39 is 23.7 Å². The van der Waals surface area contributed by atoms with Crippen molar-refractivity contribution in [3.8, 4) is 0 Å². The quantitative estimate of drug-likeness (QED) is 0.241. The third-order valence-corrected chi connectivity index (χ3v) is 9.52. The zero-order valence-corrected chi connectivity index (χ0v) is 28.6. The Bertz CT molecular complexity index is 1800. The second-order valence-electron chi connectivity index (χ2n) is 13.0. The van der Waals surface area contributed by atoms with Gasteiger partial charge in [-0.2, -0.15) is 10.2 Å². The van der Waals surface area contributed by atoms with Crippen molar-refractivity contribution in [1.29, 1.82) is 0 Å². The number of carbonyl (C=O) groups excluding carboxylic acids is 4. The first kappa shape index (κ1) is 34.6. The van der Waals surface area contributed by atoms with Gasteiger partial charge < -0.3 is 20.3 Å². The van der Waals surface area contributed by atoms with Crippen molar-refractivity contribution in [2.24, 2.45) is 17.6 Å². The highest BCUT2D eigenvalue weighted by atomic mass is 16.5. The monoisotopic (exact) mass is 657 g/mol. The molecule has 2 aromatic carbocycles. The summed E-state index contributed by atoms with van der Waals surface area (Å²) in [6.07, 6.45) is 7.44. The number of benzene rings is 2. The van der Waals surface area contributed by atoms with Gasteiger partial charge in [0.15, 0.2) is 0 Å². The molecule has 12 nitrogen and oxygen atoms in total. The summed E-state index contributed by atoms with van der Waals surface area (Å²) in [5, 5.41) is 10.8. The lowest BCUT2D eigenvalue weighted by Gasteiger charge is -2.38. The number of hydrogen-bond acceptors (Lipinski definition) is 7. The number of hydrogen-bond donors (Lipinski definition) is 1. The summed E-state index contributed by atoms with van der Waals surface area (Å²) in [6, 6.07) is 12.1. The molecule has 0 aliphatic carbocycles. The van der Waals surface area contributed by atoms with E-state index in [9.17, 15) is 19.2 Å². The van der Waals surface area contributed by atoms with Crippen LogP contribution in [0.15, 0.2) is 48.8 Å². The molecular weight excluding hydrogens is 610 g/mol. The SMILES string of the molecule is CCOC(=O)C(=O)N1CC(C)CCC1c1ccc2c(cnn2CC)c1.CCn1ncc2cc(C3CCC(C)CN3C(=O)C(N)=O)ccc21. The van der Waals surface area contributed by atoms with Crippen LogP contribution in [-0.4, -0.2) is 72.7 Å². The number of piperidine rings is 2. The first-order valence-corrected chi connectivity index (χ1v) is 17.0. The molecule has 2 aliphatic rings. The first-order valence-electron chi connectivity index (χ1n) is 17.0. The number of nitrogens with zero attached hydrogens (tertiary/aromatic N) is 6. The van der Waals surface area contributed by atoms with E-state index in [0.717, 1.165) is 71.7 Å². The molecule has 0 bridgehead atoms. The van der Waals surface area contributed by atoms with E-state index in [-0.39, 0.29) is 18.7 Å². The minimum absolute atomic E-state index is 0.0949. The Balaban J connectivity index is 0.000000188. The van der Waals surface area contributed by atoms with Gasteiger partial charge in [0.25, 0.3) is 0 Å². The molecule has 4 heterocycles. The van der Waals surface area contributed by atoms with Gasteiger partial charge in [0, 0.05) is 37.0 Å². The lowest BCUT2D eigenvalue weighted by molar-refractivity contribution is -0.162. The van der Waals surface area contributed by atoms with Crippen LogP contribution >= 0.6 is 0 Å². The molecule has 4 atom stereocenters. The average molecular weight is 658 g/mol. The van der Waals surface area contributed by atoms with E-state index in [0.29, 0.717) is 24.9 Å². The fourth-order valence-corrected chi connectivity index (χ4v) is 7.03. The number of aromatic nitrogens is 4. The maximum Gasteiger partial charge on any atom is 0.397 e. The fourth-order valence-electron chi connectivity index (χ4n) is 7.03. The molecule has 0 spiro atoms. The molecule has 2 aliphatic heterocycles. The predicted octanol–water partition coefficient (Wildman–Crippen LogP) is 4.76. The number of amides is 3. The van der Waals surface area contributed by atoms with E-state index in [1.165, 1.54) is 0 Å². The number of likely N-dealkylation sites (tertiary alicyclic amines) is 2. The summed E-state index contributed by atoms with van der Waals surface area (Å²) in [4.78, 5) is 51.4. The maximum absolute atomic E-state index is 12.6. The number of rotatable bonds is 5. The van der Waals surface area contributed by atoms with Gasteiger partial charge in [0.05, 0.1) is 42.1 Å². The molecule has 2 aromatic heterocycles. The zero-order valence-electron chi connectivity index (χ0n) is 28.6. The summed E-state index contributed by atoms with van der Waals surface area (Å²) in [5.41, 5.74) is 9.47. The van der Waals surface area contributed by atoms with Gasteiger partial charge in [-0.3, -0.25) is 23.7 Å². The number of nitrogens with two attached hydrogens (primary N) is 1. The van der Waals surface area contributed by atoms with Crippen LogP contribution < -0.4 is 5.73 Å². The first-order chi connectivity index (χ1) is 23.1. The molecule has 4 unspecified atom stereocenters. The van der Waals surface area contributed by atoms with Gasteiger partial charge >= 0.3 is 23.7 Å². The lowest BCUT2D eigenvalue weighted by Crippen LogP contribution is -2.46. The second kappa shape index (κ2) is 15.0. The largest absolute Gasteiger partial charge is 0.459 e. The zero-order chi connectivity index (χ0) is 34.5. The van der Waals surface area contributed by atoms with Crippen molar-refractivity contribution < 1.29 is 23.9 Å². The molecule has 2 N–H and O–H groups in total. The van der Waals surface area contributed by atoms with Crippen LogP contribution in [0.4, 0.5) is 0 Å². The Morgan fingerprint density at radius 1 is 0.729 bits per heavy atom. The predicted molar refractivity (Wildman–Crippen MR) is 182 cm³/mol. The Labute approximate surface area is 281 Å². The van der Waals surface area contributed by atoms with Crippen LogP contribution in [0.25, 0.3) is 21.8 Å². The molecule has 0 radical (unpaired) electrons. The molecule has 3 amide bonds. The van der Waals surface area contributed by atoms with Crippen LogP contribution in [0.5, 0.6) is 0 Å². The summed E-state index contributed by atoms with van der Waals surface area (Å²) < 4.78 is 8.81. The summed E-state index contributed by atoms with van der Waals surface area (Å²) in [7, 11) is 0. The van der Waals surface area contributed by atoms with Crippen molar-refractivity contribution >= 4 is 45.5 Å². The van der Waals surface area contributed by atoms with E-state index in [1.807, 2.05) is 46.0 Å². The van der Waals surface area contributed by atoms with Crippen LogP contribution in [-0.2, 0) is 37.0 Å². The molecule has 256 valence electrons. The molecular formula is C36H47N7O5. The van der Waals surface area contributed by atoms with Gasteiger partial charge in [-0.05, 0) is 93.7 Å². The van der Waals surface area contributed by atoms with Crippen molar-refractivity contribution in [3.63, 3.8) is 0 Å². The minimum Gasteiger partial charge on any atom is -0.459 e. The highest BCUT2D eigenvalue weighted by Gasteiger charge is 2.35. The number of esters is 1. The Hall–Kier alpha value is -4.74. The Morgan fingerprint density at radius 3 is 1.60 bits per heavy atom. The van der Waals surface area contributed by atoms with Crippen molar-refractivity contribution in [3.05, 3.63) is 59.9 Å². The maximum atomic E-state index is 12.6. The molecule has 0 saturated carbocycles. The second-order valence-corrected chi connectivity index (χ2v) is 13.0. The Kier molecular flexibility index (Phi) is 10.8. The molecule has 4 aromatic rings. The topological polar surface area (TPSA) is 146 Å². The van der Waals surface area contributed by atoms with Gasteiger partial charge in [-0.1, -0.05) is 26.0 Å². The molecule has 2 saturated heterocycles. The van der Waals surface area contributed by atoms with E-state index in [2.05, 4.69) is 50.0 Å². The third kappa shape index (κ3) is 7.22. The smallest absolute Gasteiger partial charge is 0.397 e. The van der Waals surface area contributed by atoms with Gasteiger partial charge in [-0.15, -0.1) is 0 Å². The van der Waals surface area contributed by atoms with Crippen molar-refractivity contribution in [1.82, 2.24) is 29.4 Å². The third-order valence-electron chi connectivity index (χ3n) is 9.52. The summed E-state index contributed by atoms with van der Waals surface area (Å²) in [5.74, 6) is -2.03. The normalized spacial score (nSPS) is 21.1. The van der Waals surface area contributed by atoms with Crippen molar-refractivity contribution in [2.45, 2.75) is 85.5 Å². The highest BCUT2D eigenvalue weighted by molar-refractivity contribution is 6.34. The van der Waals surface area contributed by atoms with Gasteiger partial charge in [0.1, 0.15) is 0 Å². The average Bonchev–Trinajstić information content (AvgIpc) is 3.70. The molecule has 12 heteroatoms. The highest BCUT2D eigenvalue weighted by Crippen LogP contribution is 2.36. The molecule has 48 heavy (non-hydrogen) atoms. The fraction of sp³-hybridized carbons (Fsp3) is 0.500. The van der Waals surface area contributed by atoms with Crippen LogP contribution in [0.3, 0.4) is 0 Å². The Morgan fingerprint density at radius 2 is 1.19 bits per heavy atom. The van der Waals surface area contributed by atoms with Gasteiger partial charge in [0.2, 0.25) is 0 Å². The van der Waals surface area contributed by atoms with Gasteiger partial charge in [-0.25, -0.2) is 4.79 Å². The number of aryl methyl sites for hydroxylation is 2. The van der Waals surface area contributed by atoms with Crippen LogP contribution in [0, 0.1) is 11.8 Å². The number of ether oxygens (including phenoxy) is 1. The lowest BCUT2D eigenvalue weighted by atomic mass is 9.89. The number of primary amides is 1. The summed E-state index contributed by atoms with van der Waals surface area (Å²) >= 11 is 0. The van der Waals surface area contributed by atoms with E-state index in [4.69, 9.17) is 10.5 Å². The molecule has 6 rings (SSSR count). The molecule has 2 fully saturated rings. The minimum atomic E-state index is -0.885. The number of fused-ring (bicyclic) bond motifs is 2. The van der Waals surface area contributed by atoms with Crippen LogP contribution in [0.2, 0.25) is 0 Å². The van der Waals surface area contributed by atoms with Crippen molar-refractivity contribution in [2.75, 3.05) is 19.7 Å². The number of carbonyl (C=O) groups is 4. The van der Waals surface area contributed by atoms with E-state index in [1.54, 1.807) is 16.7 Å². The standard InChI is InChI=1S/C19H25N3O3.C17H22N4O2/c1-4-22-17-9-7-14(10-15(17)11-20-22)16-8-6-13(3)12-21(16)18(23)19(24)25-5-2;1-3-21-15-7-5-12(8-13(15)9-19-21)14-6-4-11(2)10-20(14)17(23)16(18)22/h7,9-11,13,16H,4-6,8,12H2,1-3H3;5,7-9,11,14H,3-4,6,10H2,1-2H3,(H2,18,22). The van der Waals surface area contributed by atoms with Crippen LogP contribution in [0.1, 0.15) is 83.5 Å².